The van der Waals surface area contributed by atoms with E-state index in [-0.39, 0.29) is 11.2 Å². The third-order valence-corrected chi connectivity index (χ3v) is 8.99. The quantitative estimate of drug-likeness (QED) is 0.223. The Morgan fingerprint density at radius 1 is 0.865 bits per heavy atom. The predicted octanol–water partition coefficient (Wildman–Crippen LogP) is 9.43. The standard InChI is InChI=1S/C35H41NO/c1-4-20-35(21-5-2)31-22-26(33(36)19-14-25-11-7-8-12-25)15-17-29(31)30-18-16-27(23-32(30)35)34(37)28-13-9-6-10-24(28)3/h6,9-10,13,15-18,22-23,25,36H,4-5,7-8,11-12,14,19-21H2,1-3H3. The van der Waals surface area contributed by atoms with E-state index in [1.807, 2.05) is 37.3 Å². The van der Waals surface area contributed by atoms with Crippen molar-refractivity contribution >= 4 is 11.5 Å². The van der Waals surface area contributed by atoms with Gasteiger partial charge in [0.2, 0.25) is 0 Å². The molecule has 0 aromatic heterocycles. The van der Waals surface area contributed by atoms with Gasteiger partial charge in [-0.3, -0.25) is 4.79 Å². The van der Waals surface area contributed by atoms with E-state index in [0.717, 1.165) is 72.4 Å². The van der Waals surface area contributed by atoms with Crippen molar-refractivity contribution in [3.63, 3.8) is 0 Å². The van der Waals surface area contributed by atoms with Crippen molar-refractivity contribution in [1.82, 2.24) is 0 Å². The van der Waals surface area contributed by atoms with Crippen LogP contribution in [0.3, 0.4) is 0 Å². The fraction of sp³-hybridized carbons (Fsp3) is 0.429. The molecule has 1 N–H and O–H groups in total. The second kappa shape index (κ2) is 10.8. The summed E-state index contributed by atoms with van der Waals surface area (Å²) in [7, 11) is 0. The van der Waals surface area contributed by atoms with E-state index >= 15 is 0 Å². The minimum Gasteiger partial charge on any atom is -0.305 e. The van der Waals surface area contributed by atoms with Gasteiger partial charge in [-0.1, -0.05) is 101 Å². The largest absolute Gasteiger partial charge is 0.305 e. The van der Waals surface area contributed by atoms with E-state index in [1.165, 1.54) is 47.9 Å². The maximum atomic E-state index is 13.6. The van der Waals surface area contributed by atoms with E-state index in [4.69, 9.17) is 5.41 Å². The van der Waals surface area contributed by atoms with Gasteiger partial charge in [0.05, 0.1) is 0 Å². The lowest BCUT2D eigenvalue weighted by molar-refractivity contribution is 0.103. The van der Waals surface area contributed by atoms with E-state index in [1.54, 1.807) is 0 Å². The lowest BCUT2D eigenvalue weighted by atomic mass is 9.71. The Bertz CT molecular complexity index is 1300. The van der Waals surface area contributed by atoms with Gasteiger partial charge in [-0.05, 0) is 84.0 Å². The van der Waals surface area contributed by atoms with Crippen LogP contribution in [0.25, 0.3) is 11.1 Å². The van der Waals surface area contributed by atoms with Crippen LogP contribution in [0.2, 0.25) is 0 Å². The zero-order valence-corrected chi connectivity index (χ0v) is 22.8. The third-order valence-electron chi connectivity index (χ3n) is 8.99. The Morgan fingerprint density at radius 3 is 2.08 bits per heavy atom. The number of aryl methyl sites for hydroxylation is 1. The molecule has 2 aliphatic carbocycles. The first kappa shape index (κ1) is 25.6. The Hall–Kier alpha value is -3.00. The highest BCUT2D eigenvalue weighted by atomic mass is 16.1. The molecule has 0 unspecified atom stereocenters. The normalized spacial score (nSPS) is 16.0. The first-order valence-electron chi connectivity index (χ1n) is 14.5. The number of fused-ring (bicyclic) bond motifs is 3. The molecule has 0 radical (unpaired) electrons. The monoisotopic (exact) mass is 491 g/mol. The average molecular weight is 492 g/mol. The molecule has 5 rings (SSSR count). The lowest BCUT2D eigenvalue weighted by Gasteiger charge is -2.32. The summed E-state index contributed by atoms with van der Waals surface area (Å²) in [4.78, 5) is 13.6. The number of hydrogen-bond donors (Lipinski definition) is 1. The molecule has 2 heteroatoms. The summed E-state index contributed by atoms with van der Waals surface area (Å²) < 4.78 is 0. The van der Waals surface area contributed by atoms with Gasteiger partial charge in [-0.2, -0.15) is 0 Å². The second-order valence-electron chi connectivity index (χ2n) is 11.4. The zero-order chi connectivity index (χ0) is 26.0. The molecule has 1 fully saturated rings. The van der Waals surface area contributed by atoms with E-state index in [2.05, 4.69) is 44.2 Å². The van der Waals surface area contributed by atoms with E-state index in [0.29, 0.717) is 0 Å². The summed E-state index contributed by atoms with van der Waals surface area (Å²) >= 11 is 0. The molecule has 0 heterocycles. The molecule has 0 saturated heterocycles. The highest BCUT2D eigenvalue weighted by Gasteiger charge is 2.42. The van der Waals surface area contributed by atoms with Crippen molar-refractivity contribution < 1.29 is 4.79 Å². The number of rotatable bonds is 10. The summed E-state index contributed by atoms with van der Waals surface area (Å²) in [5.41, 5.74) is 9.58. The van der Waals surface area contributed by atoms with Gasteiger partial charge in [0.15, 0.2) is 5.78 Å². The maximum Gasteiger partial charge on any atom is 0.193 e. The van der Waals surface area contributed by atoms with Crippen LogP contribution < -0.4 is 0 Å². The predicted molar refractivity (Wildman–Crippen MR) is 155 cm³/mol. The maximum absolute atomic E-state index is 13.6. The van der Waals surface area contributed by atoms with Crippen molar-refractivity contribution in [2.45, 2.75) is 90.4 Å². The van der Waals surface area contributed by atoms with Crippen LogP contribution in [-0.4, -0.2) is 11.5 Å². The van der Waals surface area contributed by atoms with Crippen molar-refractivity contribution in [2.75, 3.05) is 0 Å². The van der Waals surface area contributed by atoms with Crippen LogP contribution in [0.4, 0.5) is 0 Å². The van der Waals surface area contributed by atoms with Gasteiger partial charge in [0.25, 0.3) is 0 Å². The van der Waals surface area contributed by atoms with Gasteiger partial charge >= 0.3 is 0 Å². The molecule has 0 aliphatic heterocycles. The number of hydrogen-bond acceptors (Lipinski definition) is 2. The topological polar surface area (TPSA) is 40.9 Å². The number of carbonyl (C=O) groups is 1. The highest BCUT2D eigenvalue weighted by molar-refractivity contribution is 6.10. The molecule has 0 spiro atoms. The fourth-order valence-electron chi connectivity index (χ4n) is 7.12. The molecular weight excluding hydrogens is 450 g/mol. The lowest BCUT2D eigenvalue weighted by Crippen LogP contribution is -2.25. The molecule has 2 aliphatic rings. The number of benzene rings is 3. The summed E-state index contributed by atoms with van der Waals surface area (Å²) in [6, 6.07) is 21.0. The first-order chi connectivity index (χ1) is 18.0. The molecule has 0 amide bonds. The Kier molecular flexibility index (Phi) is 7.47. The summed E-state index contributed by atoms with van der Waals surface area (Å²) in [6.07, 6.45) is 11.7. The summed E-state index contributed by atoms with van der Waals surface area (Å²) in [5.74, 6) is 0.913. The second-order valence-corrected chi connectivity index (χ2v) is 11.4. The van der Waals surface area contributed by atoms with Crippen molar-refractivity contribution in [1.29, 1.82) is 5.41 Å². The minimum atomic E-state index is -0.0993. The number of carbonyl (C=O) groups excluding carboxylic acids is 1. The van der Waals surface area contributed by atoms with Gasteiger partial charge < -0.3 is 5.41 Å². The summed E-state index contributed by atoms with van der Waals surface area (Å²) in [6.45, 7) is 6.55. The SMILES string of the molecule is CCCC1(CCC)c2cc(C(=N)CCC3CCCC3)ccc2-c2ccc(C(=O)c3ccccc3C)cc21. The van der Waals surface area contributed by atoms with Crippen LogP contribution in [0, 0.1) is 18.3 Å². The fourth-order valence-corrected chi connectivity index (χ4v) is 7.12. The van der Waals surface area contributed by atoms with Gasteiger partial charge in [0.1, 0.15) is 0 Å². The molecule has 0 bridgehead atoms. The molecule has 0 atom stereocenters. The van der Waals surface area contributed by atoms with Crippen LogP contribution in [0.5, 0.6) is 0 Å². The molecule has 2 nitrogen and oxygen atoms in total. The molecule has 3 aromatic carbocycles. The number of ketones is 1. The van der Waals surface area contributed by atoms with Gasteiger partial charge in [-0.25, -0.2) is 0 Å². The third kappa shape index (κ3) is 4.72. The molecule has 192 valence electrons. The van der Waals surface area contributed by atoms with E-state index in [9.17, 15) is 4.79 Å². The Morgan fingerprint density at radius 2 is 1.46 bits per heavy atom. The average Bonchev–Trinajstić information content (AvgIpc) is 3.53. The van der Waals surface area contributed by atoms with Crippen molar-refractivity contribution in [3.8, 4) is 11.1 Å². The number of nitrogens with one attached hydrogen (secondary N) is 1. The van der Waals surface area contributed by atoms with Crippen LogP contribution in [-0.2, 0) is 5.41 Å². The summed E-state index contributed by atoms with van der Waals surface area (Å²) in [5, 5.41) is 8.91. The first-order valence-corrected chi connectivity index (χ1v) is 14.5. The molecule has 3 aromatic rings. The van der Waals surface area contributed by atoms with Gasteiger partial charge in [0, 0.05) is 22.3 Å². The van der Waals surface area contributed by atoms with Crippen LogP contribution in [0.15, 0.2) is 60.7 Å². The minimum absolute atomic E-state index is 0.0993. The van der Waals surface area contributed by atoms with Crippen molar-refractivity contribution in [2.24, 2.45) is 5.92 Å². The van der Waals surface area contributed by atoms with Gasteiger partial charge in [-0.15, -0.1) is 0 Å². The molecule has 37 heavy (non-hydrogen) atoms. The molecular formula is C35H41NO. The highest BCUT2D eigenvalue weighted by Crippen LogP contribution is 2.54. The van der Waals surface area contributed by atoms with Crippen LogP contribution >= 0.6 is 0 Å². The Balaban J connectivity index is 1.54. The van der Waals surface area contributed by atoms with E-state index < -0.39 is 0 Å². The smallest absolute Gasteiger partial charge is 0.193 e. The van der Waals surface area contributed by atoms with Crippen molar-refractivity contribution in [3.05, 3.63) is 94.0 Å². The molecule has 1 saturated carbocycles. The zero-order valence-electron chi connectivity index (χ0n) is 22.8. The Labute approximate surface area is 223 Å². The van der Waals surface area contributed by atoms with Crippen LogP contribution in [0.1, 0.15) is 116 Å².